The summed E-state index contributed by atoms with van der Waals surface area (Å²) < 4.78 is 1.67. The van der Waals surface area contributed by atoms with Gasteiger partial charge in [0.1, 0.15) is 6.10 Å². The molecular weight excluding hydrogens is 222 g/mol. The van der Waals surface area contributed by atoms with Gasteiger partial charge in [-0.2, -0.15) is 0 Å². The lowest BCUT2D eigenvalue weighted by Gasteiger charge is -2.11. The van der Waals surface area contributed by atoms with Gasteiger partial charge in [-0.1, -0.05) is 12.1 Å². The predicted octanol–water partition coefficient (Wildman–Crippen LogP) is 1.52. The van der Waals surface area contributed by atoms with Crippen LogP contribution in [0.4, 0.5) is 5.69 Å². The lowest BCUT2D eigenvalue weighted by Crippen LogP contribution is -2.09. The Morgan fingerprint density at radius 3 is 2.88 bits per heavy atom. The van der Waals surface area contributed by atoms with Gasteiger partial charge in [-0.15, -0.1) is 0 Å². The summed E-state index contributed by atoms with van der Waals surface area (Å²) in [6.45, 7) is 0.241. The largest absolute Gasteiger partial charge is 0.386 e. The molecule has 6 nitrogen and oxygen atoms in total. The molecule has 1 N–H and O–H groups in total. The lowest BCUT2D eigenvalue weighted by molar-refractivity contribution is -0.386. The van der Waals surface area contributed by atoms with Crippen LogP contribution in [0.15, 0.2) is 43.0 Å². The number of rotatable bonds is 4. The number of imidazole rings is 1. The van der Waals surface area contributed by atoms with E-state index in [4.69, 9.17) is 0 Å². The molecule has 0 radical (unpaired) electrons. The highest BCUT2D eigenvalue weighted by Crippen LogP contribution is 2.25. The van der Waals surface area contributed by atoms with Gasteiger partial charge in [-0.3, -0.25) is 10.1 Å². The van der Waals surface area contributed by atoms with E-state index >= 15 is 0 Å². The summed E-state index contributed by atoms with van der Waals surface area (Å²) >= 11 is 0. The highest BCUT2D eigenvalue weighted by Gasteiger charge is 2.19. The molecule has 0 saturated carbocycles. The summed E-state index contributed by atoms with van der Waals surface area (Å²) in [5, 5.41) is 20.8. The Kier molecular flexibility index (Phi) is 3.15. The number of nitrogens with zero attached hydrogens (tertiary/aromatic N) is 3. The number of aromatic nitrogens is 2. The van der Waals surface area contributed by atoms with Crippen molar-refractivity contribution in [3.63, 3.8) is 0 Å². The summed E-state index contributed by atoms with van der Waals surface area (Å²) in [4.78, 5) is 14.2. The summed E-state index contributed by atoms with van der Waals surface area (Å²) in [5.41, 5.74) is 0.242. The van der Waals surface area contributed by atoms with Crippen molar-refractivity contribution in [2.75, 3.05) is 0 Å². The quantitative estimate of drug-likeness (QED) is 0.641. The van der Waals surface area contributed by atoms with Gasteiger partial charge >= 0.3 is 0 Å². The molecule has 1 aromatic heterocycles. The number of aliphatic hydroxyl groups is 1. The van der Waals surface area contributed by atoms with E-state index in [0.29, 0.717) is 5.56 Å². The molecule has 0 aliphatic carbocycles. The second-order valence-electron chi connectivity index (χ2n) is 3.59. The van der Waals surface area contributed by atoms with E-state index < -0.39 is 11.0 Å². The fourth-order valence-corrected chi connectivity index (χ4v) is 1.63. The molecule has 0 amide bonds. The number of para-hydroxylation sites is 1. The molecule has 17 heavy (non-hydrogen) atoms. The van der Waals surface area contributed by atoms with E-state index in [-0.39, 0.29) is 12.2 Å². The first-order valence-corrected chi connectivity index (χ1v) is 5.05. The van der Waals surface area contributed by atoms with Crippen LogP contribution >= 0.6 is 0 Å². The zero-order valence-electron chi connectivity index (χ0n) is 8.93. The third-order valence-corrected chi connectivity index (χ3v) is 2.44. The van der Waals surface area contributed by atoms with Gasteiger partial charge in [0.15, 0.2) is 0 Å². The standard InChI is InChI=1S/C11H11N3O3/c15-11(7-13-6-5-12-8-13)9-3-1-2-4-10(9)14(16)17/h1-6,8,11,15H,7H2. The fraction of sp³-hybridized carbons (Fsp3) is 0.182. The first-order chi connectivity index (χ1) is 8.18. The first-order valence-electron chi connectivity index (χ1n) is 5.05. The maximum atomic E-state index is 10.8. The van der Waals surface area contributed by atoms with Crippen molar-refractivity contribution in [3.05, 3.63) is 58.7 Å². The molecule has 1 unspecified atom stereocenters. The molecule has 1 atom stereocenters. The molecule has 0 saturated heterocycles. The predicted molar refractivity (Wildman–Crippen MR) is 60.3 cm³/mol. The number of hydrogen-bond acceptors (Lipinski definition) is 4. The van der Waals surface area contributed by atoms with E-state index in [1.165, 1.54) is 6.07 Å². The number of benzene rings is 1. The Labute approximate surface area is 97.3 Å². The zero-order chi connectivity index (χ0) is 12.3. The lowest BCUT2D eigenvalue weighted by atomic mass is 10.1. The highest BCUT2D eigenvalue weighted by molar-refractivity contribution is 5.41. The average molecular weight is 233 g/mol. The van der Waals surface area contributed by atoms with E-state index in [1.54, 1.807) is 41.5 Å². The minimum atomic E-state index is -0.925. The minimum absolute atomic E-state index is 0.0693. The number of nitro benzene ring substituents is 1. The van der Waals surface area contributed by atoms with Crippen molar-refractivity contribution >= 4 is 5.69 Å². The molecule has 1 heterocycles. The van der Waals surface area contributed by atoms with Gasteiger partial charge in [-0.25, -0.2) is 4.98 Å². The first kappa shape index (κ1) is 11.3. The highest BCUT2D eigenvalue weighted by atomic mass is 16.6. The van der Waals surface area contributed by atoms with E-state index in [1.807, 2.05) is 0 Å². The van der Waals surface area contributed by atoms with E-state index in [2.05, 4.69) is 4.98 Å². The normalized spacial score (nSPS) is 12.3. The summed E-state index contributed by atoms with van der Waals surface area (Å²) in [7, 11) is 0. The van der Waals surface area contributed by atoms with Crippen LogP contribution in [0.5, 0.6) is 0 Å². The molecule has 2 rings (SSSR count). The zero-order valence-corrected chi connectivity index (χ0v) is 8.93. The fourth-order valence-electron chi connectivity index (χ4n) is 1.63. The Hall–Kier alpha value is -2.21. The number of aliphatic hydroxyl groups excluding tert-OH is 1. The van der Waals surface area contributed by atoms with Crippen LogP contribution in [0, 0.1) is 10.1 Å². The van der Waals surface area contributed by atoms with Crippen molar-refractivity contribution in [2.45, 2.75) is 12.6 Å². The molecule has 0 fully saturated rings. The van der Waals surface area contributed by atoms with Crippen molar-refractivity contribution in [1.29, 1.82) is 0 Å². The number of nitro groups is 1. The molecule has 2 aromatic rings. The Morgan fingerprint density at radius 2 is 2.24 bits per heavy atom. The molecule has 88 valence electrons. The summed E-state index contributed by atoms with van der Waals surface area (Å²) in [5.74, 6) is 0. The number of hydrogen-bond donors (Lipinski definition) is 1. The van der Waals surface area contributed by atoms with Crippen molar-refractivity contribution < 1.29 is 10.0 Å². The monoisotopic (exact) mass is 233 g/mol. The molecule has 0 aliphatic heterocycles. The van der Waals surface area contributed by atoms with Crippen molar-refractivity contribution in [1.82, 2.24) is 9.55 Å². The topological polar surface area (TPSA) is 81.2 Å². The average Bonchev–Trinajstić information content (AvgIpc) is 2.81. The Morgan fingerprint density at radius 1 is 1.47 bits per heavy atom. The Bertz CT molecular complexity index is 510. The van der Waals surface area contributed by atoms with Crippen LogP contribution in [0.25, 0.3) is 0 Å². The molecular formula is C11H11N3O3. The SMILES string of the molecule is O=[N+]([O-])c1ccccc1C(O)Cn1ccnc1. The summed E-state index contributed by atoms with van der Waals surface area (Å²) in [6, 6.07) is 6.18. The minimum Gasteiger partial charge on any atom is -0.386 e. The smallest absolute Gasteiger partial charge is 0.275 e. The van der Waals surface area contributed by atoms with Crippen LogP contribution < -0.4 is 0 Å². The molecule has 0 spiro atoms. The van der Waals surface area contributed by atoms with Crippen LogP contribution in [0.2, 0.25) is 0 Å². The Balaban J connectivity index is 2.24. The maximum absolute atomic E-state index is 10.8. The van der Waals surface area contributed by atoms with E-state index in [9.17, 15) is 15.2 Å². The maximum Gasteiger partial charge on any atom is 0.275 e. The van der Waals surface area contributed by atoms with Gasteiger partial charge < -0.3 is 9.67 Å². The van der Waals surface area contributed by atoms with Gasteiger partial charge in [0.25, 0.3) is 5.69 Å². The molecule has 6 heteroatoms. The van der Waals surface area contributed by atoms with Crippen molar-refractivity contribution in [2.24, 2.45) is 0 Å². The molecule has 0 aliphatic rings. The summed E-state index contributed by atoms with van der Waals surface area (Å²) in [6.07, 6.45) is 3.91. The van der Waals surface area contributed by atoms with Crippen molar-refractivity contribution in [3.8, 4) is 0 Å². The van der Waals surface area contributed by atoms with Crippen LogP contribution in [-0.4, -0.2) is 19.6 Å². The van der Waals surface area contributed by atoms with Crippen LogP contribution in [-0.2, 0) is 6.54 Å². The van der Waals surface area contributed by atoms with Gasteiger partial charge in [0.05, 0.1) is 23.4 Å². The second-order valence-corrected chi connectivity index (χ2v) is 3.59. The van der Waals surface area contributed by atoms with Gasteiger partial charge in [0, 0.05) is 18.5 Å². The second kappa shape index (κ2) is 4.75. The van der Waals surface area contributed by atoms with Crippen LogP contribution in [0.3, 0.4) is 0 Å². The van der Waals surface area contributed by atoms with Gasteiger partial charge in [-0.05, 0) is 6.07 Å². The van der Waals surface area contributed by atoms with E-state index in [0.717, 1.165) is 0 Å². The third-order valence-electron chi connectivity index (χ3n) is 2.44. The third kappa shape index (κ3) is 2.48. The molecule has 0 bridgehead atoms. The molecule has 1 aromatic carbocycles. The van der Waals surface area contributed by atoms with Crippen LogP contribution in [0.1, 0.15) is 11.7 Å². The van der Waals surface area contributed by atoms with Gasteiger partial charge in [0.2, 0.25) is 0 Å².